The second-order valence-corrected chi connectivity index (χ2v) is 9.16. The third-order valence-corrected chi connectivity index (χ3v) is 5.85. The number of esters is 1. The normalized spacial score (nSPS) is 11.3. The van der Waals surface area contributed by atoms with Crippen LogP contribution < -0.4 is 29.1 Å². The Balaban J connectivity index is 1.73. The smallest absolute Gasteiger partial charge is 0.453 e. The highest BCUT2D eigenvalue weighted by Crippen LogP contribution is 2.41. The van der Waals surface area contributed by atoms with Crippen LogP contribution in [0.15, 0.2) is 57.7 Å². The molecule has 1 heterocycles. The van der Waals surface area contributed by atoms with Crippen molar-refractivity contribution in [3.05, 3.63) is 81.2 Å². The maximum atomic E-state index is 14.0. The fourth-order valence-electron chi connectivity index (χ4n) is 4.28. The van der Waals surface area contributed by atoms with E-state index in [1.807, 2.05) is 6.07 Å². The summed E-state index contributed by atoms with van der Waals surface area (Å²) < 4.78 is 74.9. The molecule has 0 unspecified atom stereocenters. The van der Waals surface area contributed by atoms with Crippen molar-refractivity contribution in [3.63, 3.8) is 0 Å². The predicted molar refractivity (Wildman–Crippen MR) is 148 cm³/mol. The Hall–Kier alpha value is -4.67. The highest BCUT2D eigenvalue weighted by atomic mass is 19.4. The largest absolute Gasteiger partial charge is 0.490 e. The standard InChI is InChI=1S/C31H29F3O8/c1-6-37-24-14-19(15-25(38-7-2)27(24)39-8-3)30(36)41-20-9-10-22-23(16-20)42-29(31(32,33)34)28(26(22)35)40-21-12-17(4)11-18(5)13-21/h9-16H,6-8H2,1-5H3. The van der Waals surface area contributed by atoms with Crippen molar-refractivity contribution in [2.75, 3.05) is 19.8 Å². The predicted octanol–water partition coefficient (Wildman–Crippen LogP) is 7.64. The molecular weight excluding hydrogens is 557 g/mol. The minimum Gasteiger partial charge on any atom is -0.490 e. The molecule has 4 aromatic rings. The highest BCUT2D eigenvalue weighted by Gasteiger charge is 2.40. The average molecular weight is 587 g/mol. The first kappa shape index (κ1) is 30.3. The molecule has 0 spiro atoms. The summed E-state index contributed by atoms with van der Waals surface area (Å²) in [5.41, 5.74) is 0.0472. The first-order chi connectivity index (χ1) is 19.9. The van der Waals surface area contributed by atoms with E-state index >= 15 is 0 Å². The van der Waals surface area contributed by atoms with E-state index in [9.17, 15) is 22.8 Å². The number of ether oxygens (including phenoxy) is 5. The Morgan fingerprint density at radius 2 is 1.38 bits per heavy atom. The van der Waals surface area contributed by atoms with Gasteiger partial charge in [-0.3, -0.25) is 4.79 Å². The lowest BCUT2D eigenvalue weighted by molar-refractivity contribution is -0.154. The molecule has 0 amide bonds. The van der Waals surface area contributed by atoms with Crippen LogP contribution in [0.4, 0.5) is 13.2 Å². The van der Waals surface area contributed by atoms with Crippen molar-refractivity contribution in [1.29, 1.82) is 0 Å². The summed E-state index contributed by atoms with van der Waals surface area (Å²) in [6.07, 6.45) is -5.05. The Morgan fingerprint density at radius 1 is 0.786 bits per heavy atom. The molecule has 3 aromatic carbocycles. The molecule has 0 bridgehead atoms. The van der Waals surface area contributed by atoms with Crippen LogP contribution >= 0.6 is 0 Å². The third kappa shape index (κ3) is 6.62. The molecule has 0 saturated carbocycles. The Labute approximate surface area is 239 Å². The van der Waals surface area contributed by atoms with E-state index in [4.69, 9.17) is 28.1 Å². The molecule has 0 aliphatic rings. The summed E-state index contributed by atoms with van der Waals surface area (Å²) in [4.78, 5) is 26.2. The molecule has 42 heavy (non-hydrogen) atoms. The molecular formula is C31H29F3O8. The zero-order valence-corrected chi connectivity index (χ0v) is 23.6. The molecule has 0 fully saturated rings. The first-order valence-corrected chi connectivity index (χ1v) is 13.2. The van der Waals surface area contributed by atoms with Gasteiger partial charge in [0.2, 0.25) is 16.9 Å². The number of hydrogen-bond donors (Lipinski definition) is 0. The van der Waals surface area contributed by atoms with Crippen LogP contribution in [0, 0.1) is 13.8 Å². The summed E-state index contributed by atoms with van der Waals surface area (Å²) in [6, 6.07) is 11.2. The lowest BCUT2D eigenvalue weighted by Crippen LogP contribution is -2.16. The van der Waals surface area contributed by atoms with Crippen LogP contribution in [0.25, 0.3) is 11.0 Å². The van der Waals surface area contributed by atoms with E-state index in [0.29, 0.717) is 12.4 Å². The maximum Gasteiger partial charge on any atom is 0.453 e. The topological polar surface area (TPSA) is 93.4 Å². The average Bonchev–Trinajstić information content (AvgIpc) is 2.91. The zero-order valence-electron chi connectivity index (χ0n) is 23.6. The minimum absolute atomic E-state index is 0.0417. The maximum absolute atomic E-state index is 14.0. The van der Waals surface area contributed by atoms with E-state index < -0.39 is 34.7 Å². The number of benzene rings is 3. The van der Waals surface area contributed by atoms with Crippen molar-refractivity contribution in [2.45, 2.75) is 40.8 Å². The van der Waals surface area contributed by atoms with Gasteiger partial charge in [-0.2, -0.15) is 13.2 Å². The van der Waals surface area contributed by atoms with Crippen LogP contribution in [0.1, 0.15) is 48.0 Å². The van der Waals surface area contributed by atoms with Gasteiger partial charge in [0.05, 0.1) is 30.8 Å². The summed E-state index contributed by atoms with van der Waals surface area (Å²) in [6.45, 7) is 9.69. The van der Waals surface area contributed by atoms with Crippen molar-refractivity contribution in [3.8, 4) is 34.5 Å². The van der Waals surface area contributed by atoms with Gasteiger partial charge in [-0.05, 0) is 82.1 Å². The summed E-state index contributed by atoms with van der Waals surface area (Å²) in [5.74, 6) is -2.72. The Morgan fingerprint density at radius 3 is 1.93 bits per heavy atom. The fourth-order valence-corrected chi connectivity index (χ4v) is 4.28. The second kappa shape index (κ2) is 12.5. The molecule has 0 atom stereocenters. The Kier molecular flexibility index (Phi) is 8.99. The molecule has 222 valence electrons. The molecule has 0 aliphatic carbocycles. The molecule has 0 aliphatic heterocycles. The summed E-state index contributed by atoms with van der Waals surface area (Å²) in [5, 5.41) is -0.194. The molecule has 4 rings (SSSR count). The van der Waals surface area contributed by atoms with Gasteiger partial charge in [-0.15, -0.1) is 0 Å². The molecule has 11 heteroatoms. The third-order valence-electron chi connectivity index (χ3n) is 5.85. The van der Waals surface area contributed by atoms with Crippen LogP contribution in [-0.4, -0.2) is 25.8 Å². The van der Waals surface area contributed by atoms with Crippen LogP contribution in [0.5, 0.6) is 34.5 Å². The number of rotatable bonds is 10. The molecule has 0 radical (unpaired) electrons. The number of hydrogen-bond acceptors (Lipinski definition) is 8. The number of fused-ring (bicyclic) bond motifs is 1. The van der Waals surface area contributed by atoms with Crippen LogP contribution in [0.2, 0.25) is 0 Å². The summed E-state index contributed by atoms with van der Waals surface area (Å²) >= 11 is 0. The monoisotopic (exact) mass is 586 g/mol. The molecule has 0 saturated heterocycles. The molecule has 8 nitrogen and oxygen atoms in total. The van der Waals surface area contributed by atoms with Gasteiger partial charge in [0.1, 0.15) is 17.1 Å². The summed E-state index contributed by atoms with van der Waals surface area (Å²) in [7, 11) is 0. The van der Waals surface area contributed by atoms with E-state index in [0.717, 1.165) is 17.2 Å². The minimum atomic E-state index is -5.05. The SMILES string of the molecule is CCOc1cc(C(=O)Oc2ccc3c(=O)c(Oc4cc(C)cc(C)c4)c(C(F)(F)F)oc3c2)cc(OCC)c1OCC. The zero-order chi connectivity index (χ0) is 30.6. The highest BCUT2D eigenvalue weighted by molar-refractivity contribution is 5.93. The Bertz CT molecular complexity index is 1630. The quantitative estimate of drug-likeness (QED) is 0.138. The number of carbonyl (C=O) groups excluding carboxylic acids is 1. The van der Waals surface area contributed by atoms with Crippen LogP contribution in [0.3, 0.4) is 0 Å². The van der Waals surface area contributed by atoms with Gasteiger partial charge in [-0.25, -0.2) is 4.79 Å². The van der Waals surface area contributed by atoms with E-state index in [2.05, 4.69) is 0 Å². The van der Waals surface area contributed by atoms with Gasteiger partial charge < -0.3 is 28.1 Å². The second-order valence-electron chi connectivity index (χ2n) is 9.16. The van der Waals surface area contributed by atoms with Gasteiger partial charge in [-0.1, -0.05) is 6.07 Å². The number of halogens is 3. The number of carbonyl (C=O) groups is 1. The van der Waals surface area contributed by atoms with Crippen LogP contribution in [-0.2, 0) is 6.18 Å². The van der Waals surface area contributed by atoms with Crippen molar-refractivity contribution in [2.24, 2.45) is 0 Å². The van der Waals surface area contributed by atoms with E-state index in [1.165, 1.54) is 36.4 Å². The molecule has 1 aromatic heterocycles. The van der Waals surface area contributed by atoms with E-state index in [-0.39, 0.29) is 47.2 Å². The van der Waals surface area contributed by atoms with E-state index in [1.54, 1.807) is 34.6 Å². The van der Waals surface area contributed by atoms with Crippen molar-refractivity contribution in [1.82, 2.24) is 0 Å². The van der Waals surface area contributed by atoms with Gasteiger partial charge in [0, 0.05) is 6.07 Å². The first-order valence-electron chi connectivity index (χ1n) is 13.2. The number of aryl methyl sites for hydroxylation is 2. The lowest BCUT2D eigenvalue weighted by Gasteiger charge is -2.17. The molecule has 0 N–H and O–H groups in total. The van der Waals surface area contributed by atoms with Crippen molar-refractivity contribution < 1.29 is 46.1 Å². The van der Waals surface area contributed by atoms with Gasteiger partial charge in [0.25, 0.3) is 5.76 Å². The fraction of sp³-hybridized carbons (Fsp3) is 0.290. The number of alkyl halides is 3. The van der Waals surface area contributed by atoms with Crippen molar-refractivity contribution >= 4 is 16.9 Å². The lowest BCUT2D eigenvalue weighted by atomic mass is 10.1. The van der Waals surface area contributed by atoms with Gasteiger partial charge in [0.15, 0.2) is 11.5 Å². The van der Waals surface area contributed by atoms with Gasteiger partial charge >= 0.3 is 12.1 Å².